The van der Waals surface area contributed by atoms with E-state index in [1.54, 1.807) is 11.3 Å². The molecule has 3 atom stereocenters. The highest BCUT2D eigenvalue weighted by molar-refractivity contribution is 7.10. The monoisotopic (exact) mass is 267 g/mol. The lowest BCUT2D eigenvalue weighted by Crippen LogP contribution is -2.49. The predicted octanol–water partition coefficient (Wildman–Crippen LogP) is 2.44. The molecule has 100 valence electrons. The Morgan fingerprint density at radius 3 is 2.89 bits per heavy atom. The maximum Gasteiger partial charge on any atom is 0.224 e. The molecule has 4 heteroatoms. The summed E-state index contributed by atoms with van der Waals surface area (Å²) >= 11 is 1.74. The van der Waals surface area contributed by atoms with Gasteiger partial charge >= 0.3 is 0 Å². The van der Waals surface area contributed by atoms with Crippen LogP contribution in [-0.2, 0) is 4.79 Å². The van der Waals surface area contributed by atoms with Crippen molar-refractivity contribution in [1.82, 2.24) is 5.32 Å². The van der Waals surface area contributed by atoms with Gasteiger partial charge in [-0.2, -0.15) is 0 Å². The van der Waals surface area contributed by atoms with E-state index in [0.29, 0.717) is 5.92 Å². The van der Waals surface area contributed by atoms with Crippen molar-refractivity contribution in [3.8, 4) is 0 Å². The minimum atomic E-state index is -0.477. The van der Waals surface area contributed by atoms with Crippen LogP contribution in [0, 0.1) is 12.8 Å². The molecule has 1 heterocycles. The highest BCUT2D eigenvalue weighted by atomic mass is 32.1. The predicted molar refractivity (Wildman–Crippen MR) is 73.8 cm³/mol. The number of thiophene rings is 1. The second kappa shape index (κ2) is 5.02. The fourth-order valence-electron chi connectivity index (χ4n) is 2.17. The Hall–Kier alpha value is -0.870. The topological polar surface area (TPSA) is 49.3 Å². The van der Waals surface area contributed by atoms with Gasteiger partial charge in [-0.15, -0.1) is 11.3 Å². The van der Waals surface area contributed by atoms with Crippen LogP contribution in [0.1, 0.15) is 43.0 Å². The zero-order valence-electron chi connectivity index (χ0n) is 11.2. The minimum Gasteiger partial charge on any atom is -0.394 e. The first-order valence-electron chi connectivity index (χ1n) is 6.47. The molecule has 2 N–H and O–H groups in total. The van der Waals surface area contributed by atoms with Crippen LogP contribution >= 0.6 is 11.3 Å². The van der Waals surface area contributed by atoms with Crippen LogP contribution in [-0.4, -0.2) is 23.2 Å². The molecule has 1 fully saturated rings. The van der Waals surface area contributed by atoms with E-state index in [0.717, 1.165) is 12.8 Å². The van der Waals surface area contributed by atoms with Gasteiger partial charge in [0.2, 0.25) is 5.91 Å². The van der Waals surface area contributed by atoms with Crippen molar-refractivity contribution in [1.29, 1.82) is 0 Å². The fraction of sp³-hybridized carbons (Fsp3) is 0.643. The molecular formula is C14H21NO2S. The highest BCUT2D eigenvalue weighted by Gasteiger charge is 2.46. The van der Waals surface area contributed by atoms with Crippen LogP contribution in [0.4, 0.5) is 0 Å². The highest BCUT2D eigenvalue weighted by Crippen LogP contribution is 2.50. The Morgan fingerprint density at radius 1 is 1.67 bits per heavy atom. The number of amides is 1. The van der Waals surface area contributed by atoms with Crippen LogP contribution < -0.4 is 5.32 Å². The molecule has 0 spiro atoms. The SMILES string of the molecule is CC[C@](C)(CO)NC(=O)[C@@H]1C[C@@H]1c1sccc1C. The van der Waals surface area contributed by atoms with Gasteiger partial charge in [-0.1, -0.05) is 6.92 Å². The Balaban J connectivity index is 1.96. The number of aryl methyl sites for hydroxylation is 1. The fourth-order valence-corrected chi connectivity index (χ4v) is 3.28. The van der Waals surface area contributed by atoms with E-state index in [9.17, 15) is 9.90 Å². The van der Waals surface area contributed by atoms with Crippen LogP contribution in [0.3, 0.4) is 0 Å². The van der Waals surface area contributed by atoms with Gasteiger partial charge in [0, 0.05) is 16.7 Å². The van der Waals surface area contributed by atoms with Crippen molar-refractivity contribution < 1.29 is 9.90 Å². The summed E-state index contributed by atoms with van der Waals surface area (Å²) in [6.07, 6.45) is 1.68. The summed E-state index contributed by atoms with van der Waals surface area (Å²) in [5, 5.41) is 14.4. The van der Waals surface area contributed by atoms with E-state index in [-0.39, 0.29) is 18.4 Å². The van der Waals surface area contributed by atoms with E-state index in [1.807, 2.05) is 13.8 Å². The standard InChI is InChI=1S/C14H21NO2S/c1-4-14(3,8-16)15-13(17)11-7-10(11)12-9(2)5-6-18-12/h5-6,10-11,16H,4,7-8H2,1-3H3,(H,15,17)/t10-,11+,14+/m0/s1. The molecule has 1 aromatic rings. The lowest BCUT2D eigenvalue weighted by atomic mass is 10.00. The Kier molecular flexibility index (Phi) is 3.78. The molecular weight excluding hydrogens is 246 g/mol. The molecule has 1 aliphatic carbocycles. The van der Waals surface area contributed by atoms with Crippen molar-refractivity contribution in [3.05, 3.63) is 21.9 Å². The molecule has 1 saturated carbocycles. The van der Waals surface area contributed by atoms with Crippen molar-refractivity contribution in [3.63, 3.8) is 0 Å². The zero-order chi connectivity index (χ0) is 13.3. The van der Waals surface area contributed by atoms with E-state index >= 15 is 0 Å². The molecule has 0 aliphatic heterocycles. The van der Waals surface area contributed by atoms with Crippen molar-refractivity contribution in [2.75, 3.05) is 6.61 Å². The molecule has 1 amide bonds. The van der Waals surface area contributed by atoms with Crippen LogP contribution in [0.25, 0.3) is 0 Å². The number of rotatable bonds is 5. The van der Waals surface area contributed by atoms with Crippen LogP contribution in [0.2, 0.25) is 0 Å². The molecule has 0 radical (unpaired) electrons. The normalized spacial score (nSPS) is 25.6. The second-order valence-corrected chi connectivity index (χ2v) is 6.43. The van der Waals surface area contributed by atoms with Gasteiger partial charge in [-0.3, -0.25) is 4.79 Å². The average molecular weight is 267 g/mol. The number of aliphatic hydroxyl groups is 1. The molecule has 18 heavy (non-hydrogen) atoms. The number of nitrogens with one attached hydrogen (secondary N) is 1. The van der Waals surface area contributed by atoms with Gasteiger partial charge in [0.25, 0.3) is 0 Å². The molecule has 1 aliphatic rings. The quantitative estimate of drug-likeness (QED) is 0.861. The van der Waals surface area contributed by atoms with E-state index in [2.05, 4.69) is 23.7 Å². The van der Waals surface area contributed by atoms with E-state index in [1.165, 1.54) is 10.4 Å². The van der Waals surface area contributed by atoms with Gasteiger partial charge in [-0.05, 0) is 43.7 Å². The molecule has 0 aromatic carbocycles. The third-order valence-electron chi connectivity index (χ3n) is 3.92. The maximum atomic E-state index is 12.1. The number of carbonyl (C=O) groups excluding carboxylic acids is 1. The first kappa shape index (κ1) is 13.6. The lowest BCUT2D eigenvalue weighted by molar-refractivity contribution is -0.124. The average Bonchev–Trinajstić information content (AvgIpc) is 3.05. The van der Waals surface area contributed by atoms with Gasteiger partial charge in [0.1, 0.15) is 0 Å². The molecule has 0 unspecified atom stereocenters. The number of aliphatic hydroxyl groups excluding tert-OH is 1. The van der Waals surface area contributed by atoms with Gasteiger partial charge in [0.05, 0.1) is 12.1 Å². The summed E-state index contributed by atoms with van der Waals surface area (Å²) in [6.45, 7) is 5.95. The van der Waals surface area contributed by atoms with E-state index in [4.69, 9.17) is 0 Å². The van der Waals surface area contributed by atoms with Crippen molar-refractivity contribution in [2.45, 2.75) is 45.1 Å². The number of hydrogen-bond donors (Lipinski definition) is 2. The minimum absolute atomic E-state index is 0.00927. The summed E-state index contributed by atoms with van der Waals surface area (Å²) < 4.78 is 0. The van der Waals surface area contributed by atoms with Crippen molar-refractivity contribution >= 4 is 17.2 Å². The summed E-state index contributed by atoms with van der Waals surface area (Å²) in [5.41, 5.74) is 0.815. The van der Waals surface area contributed by atoms with Gasteiger partial charge in [0.15, 0.2) is 0 Å². The molecule has 3 nitrogen and oxygen atoms in total. The smallest absolute Gasteiger partial charge is 0.224 e. The molecule has 0 bridgehead atoms. The third-order valence-corrected chi connectivity index (χ3v) is 5.07. The molecule has 0 saturated heterocycles. The maximum absolute atomic E-state index is 12.1. The second-order valence-electron chi connectivity index (χ2n) is 5.48. The summed E-state index contributed by atoms with van der Waals surface area (Å²) in [4.78, 5) is 13.5. The third kappa shape index (κ3) is 2.59. The largest absolute Gasteiger partial charge is 0.394 e. The Bertz CT molecular complexity index is 437. The first-order chi connectivity index (χ1) is 8.50. The van der Waals surface area contributed by atoms with E-state index < -0.39 is 5.54 Å². The lowest BCUT2D eigenvalue weighted by Gasteiger charge is -2.27. The molecule has 2 rings (SSSR count). The zero-order valence-corrected chi connectivity index (χ0v) is 12.0. The number of carbonyl (C=O) groups is 1. The van der Waals surface area contributed by atoms with Gasteiger partial charge in [-0.25, -0.2) is 0 Å². The Labute approximate surface area is 112 Å². The van der Waals surface area contributed by atoms with Crippen molar-refractivity contribution in [2.24, 2.45) is 5.92 Å². The van der Waals surface area contributed by atoms with Crippen LogP contribution in [0.5, 0.6) is 0 Å². The summed E-state index contributed by atoms with van der Waals surface area (Å²) in [5.74, 6) is 0.579. The summed E-state index contributed by atoms with van der Waals surface area (Å²) in [7, 11) is 0. The summed E-state index contributed by atoms with van der Waals surface area (Å²) in [6, 6.07) is 2.11. The Morgan fingerprint density at radius 2 is 2.39 bits per heavy atom. The molecule has 1 aromatic heterocycles. The first-order valence-corrected chi connectivity index (χ1v) is 7.35. The number of hydrogen-bond acceptors (Lipinski definition) is 3. The van der Waals surface area contributed by atoms with Crippen LogP contribution in [0.15, 0.2) is 11.4 Å². The van der Waals surface area contributed by atoms with Gasteiger partial charge < -0.3 is 10.4 Å².